The third-order valence-electron chi connectivity index (χ3n) is 2.84. The van der Waals surface area contributed by atoms with E-state index in [2.05, 4.69) is 33.0 Å². The molecule has 1 N–H and O–H groups in total. The molecule has 1 atom stereocenters. The fraction of sp³-hybridized carbons (Fsp3) is 0.923. The van der Waals surface area contributed by atoms with Crippen molar-refractivity contribution in [3.8, 4) is 0 Å². The number of ether oxygens (including phenoxy) is 1. The van der Waals surface area contributed by atoms with Gasteiger partial charge in [0.2, 0.25) is 0 Å². The van der Waals surface area contributed by atoms with Gasteiger partial charge in [0.1, 0.15) is 0 Å². The second-order valence-electron chi connectivity index (χ2n) is 5.17. The molecular weight excluding hydrogens is 202 g/mol. The molecule has 3 nitrogen and oxygen atoms in total. The van der Waals surface area contributed by atoms with Gasteiger partial charge in [-0.05, 0) is 38.6 Å². The number of hydrogen-bond donors (Lipinski definition) is 1. The Hall–Kier alpha value is -0.570. The Kier molecular flexibility index (Phi) is 7.39. The van der Waals surface area contributed by atoms with Crippen molar-refractivity contribution in [2.24, 2.45) is 5.92 Å². The molecule has 0 aromatic carbocycles. The van der Waals surface area contributed by atoms with Gasteiger partial charge in [-0.1, -0.05) is 20.8 Å². The third kappa shape index (κ3) is 6.83. The number of nitrogens with one attached hydrogen (secondary N) is 1. The molecule has 0 aliphatic rings. The third-order valence-corrected chi connectivity index (χ3v) is 2.84. The van der Waals surface area contributed by atoms with Crippen LogP contribution in [0.1, 0.15) is 53.4 Å². The minimum atomic E-state index is -0.130. The van der Waals surface area contributed by atoms with Crippen LogP contribution >= 0.6 is 0 Å². The lowest BCUT2D eigenvalue weighted by atomic mass is 9.88. The van der Waals surface area contributed by atoms with E-state index in [9.17, 15) is 4.79 Å². The van der Waals surface area contributed by atoms with Gasteiger partial charge in [-0.3, -0.25) is 4.79 Å². The summed E-state index contributed by atoms with van der Waals surface area (Å²) in [6.07, 6.45) is 3.68. The van der Waals surface area contributed by atoms with Crippen LogP contribution in [-0.4, -0.2) is 25.2 Å². The molecule has 0 aromatic rings. The molecule has 0 aliphatic carbocycles. The van der Waals surface area contributed by atoms with Crippen molar-refractivity contribution in [2.45, 2.75) is 58.9 Å². The molecule has 1 unspecified atom stereocenters. The lowest BCUT2D eigenvalue weighted by Gasteiger charge is -2.30. The van der Waals surface area contributed by atoms with E-state index in [-0.39, 0.29) is 11.5 Å². The smallest absolute Gasteiger partial charge is 0.307 e. The Morgan fingerprint density at radius 1 is 1.44 bits per heavy atom. The first kappa shape index (κ1) is 15.4. The minimum absolute atomic E-state index is 0.118. The fourth-order valence-corrected chi connectivity index (χ4v) is 1.66. The van der Waals surface area contributed by atoms with Crippen molar-refractivity contribution in [1.29, 1.82) is 0 Å². The fourth-order valence-electron chi connectivity index (χ4n) is 1.66. The van der Waals surface area contributed by atoms with E-state index < -0.39 is 0 Å². The zero-order chi connectivity index (χ0) is 12.6. The van der Waals surface area contributed by atoms with E-state index in [1.807, 2.05) is 0 Å². The van der Waals surface area contributed by atoms with Crippen molar-refractivity contribution >= 4 is 5.97 Å². The van der Waals surface area contributed by atoms with E-state index in [0.29, 0.717) is 12.3 Å². The molecule has 0 spiro atoms. The van der Waals surface area contributed by atoms with Crippen LogP contribution in [0.25, 0.3) is 0 Å². The van der Waals surface area contributed by atoms with Crippen LogP contribution in [-0.2, 0) is 9.53 Å². The monoisotopic (exact) mass is 229 g/mol. The summed E-state index contributed by atoms with van der Waals surface area (Å²) in [5.41, 5.74) is -0.118. The van der Waals surface area contributed by atoms with Gasteiger partial charge in [-0.2, -0.15) is 0 Å². The number of hydrogen-bond acceptors (Lipinski definition) is 3. The Morgan fingerprint density at radius 3 is 2.50 bits per heavy atom. The van der Waals surface area contributed by atoms with Gasteiger partial charge >= 0.3 is 5.97 Å². The van der Waals surface area contributed by atoms with E-state index in [0.717, 1.165) is 25.8 Å². The highest BCUT2D eigenvalue weighted by atomic mass is 16.5. The molecule has 3 heteroatoms. The lowest BCUT2D eigenvalue weighted by molar-refractivity contribution is -0.142. The van der Waals surface area contributed by atoms with Crippen LogP contribution in [0.15, 0.2) is 0 Å². The Balaban J connectivity index is 4.28. The number of carbonyl (C=O) groups is 1. The predicted octanol–water partition coefficient (Wildman–Crippen LogP) is 2.74. The molecular formula is C13H27NO2. The maximum absolute atomic E-state index is 11.4. The number of methoxy groups -OCH3 is 1. The summed E-state index contributed by atoms with van der Waals surface area (Å²) in [6.45, 7) is 9.61. The molecule has 0 fully saturated rings. The van der Waals surface area contributed by atoms with Gasteiger partial charge < -0.3 is 10.1 Å². The summed E-state index contributed by atoms with van der Waals surface area (Å²) in [5, 5.41) is 3.47. The Bertz CT molecular complexity index is 204. The van der Waals surface area contributed by atoms with Crippen molar-refractivity contribution < 1.29 is 9.53 Å². The summed E-state index contributed by atoms with van der Waals surface area (Å²) < 4.78 is 4.75. The highest BCUT2D eigenvalue weighted by Gasteiger charge is 2.27. The van der Waals surface area contributed by atoms with Crippen molar-refractivity contribution in [1.82, 2.24) is 5.32 Å². The summed E-state index contributed by atoms with van der Waals surface area (Å²) in [7, 11) is 1.45. The molecule has 0 rings (SSSR count). The van der Waals surface area contributed by atoms with Crippen LogP contribution in [0.4, 0.5) is 0 Å². The zero-order valence-corrected chi connectivity index (χ0v) is 11.4. The molecule has 0 amide bonds. The van der Waals surface area contributed by atoms with E-state index >= 15 is 0 Å². The zero-order valence-electron chi connectivity index (χ0n) is 11.4. The molecule has 0 aliphatic heterocycles. The summed E-state index contributed by atoms with van der Waals surface area (Å²) in [4.78, 5) is 11.4. The van der Waals surface area contributed by atoms with Gasteiger partial charge in [0.15, 0.2) is 0 Å². The molecule has 0 heterocycles. The SMILES string of the molecule is CCCNC(C)(CCC(C)C)CC(=O)OC. The van der Waals surface area contributed by atoms with Crippen LogP contribution in [0.2, 0.25) is 0 Å². The van der Waals surface area contributed by atoms with Crippen LogP contribution in [0.5, 0.6) is 0 Å². The molecule has 0 saturated heterocycles. The Morgan fingerprint density at radius 2 is 2.06 bits per heavy atom. The molecule has 0 radical (unpaired) electrons. The normalized spacial score (nSPS) is 14.9. The number of rotatable bonds is 8. The van der Waals surface area contributed by atoms with E-state index in [4.69, 9.17) is 4.74 Å². The van der Waals surface area contributed by atoms with Gasteiger partial charge in [-0.25, -0.2) is 0 Å². The van der Waals surface area contributed by atoms with Crippen LogP contribution in [0, 0.1) is 5.92 Å². The van der Waals surface area contributed by atoms with Crippen LogP contribution in [0.3, 0.4) is 0 Å². The van der Waals surface area contributed by atoms with Crippen molar-refractivity contribution in [2.75, 3.05) is 13.7 Å². The molecule has 0 aromatic heterocycles. The highest BCUT2D eigenvalue weighted by molar-refractivity contribution is 5.70. The van der Waals surface area contributed by atoms with Crippen molar-refractivity contribution in [3.63, 3.8) is 0 Å². The van der Waals surface area contributed by atoms with Crippen molar-refractivity contribution in [3.05, 3.63) is 0 Å². The first-order valence-electron chi connectivity index (χ1n) is 6.25. The lowest BCUT2D eigenvalue weighted by Crippen LogP contribution is -2.45. The number of esters is 1. The quantitative estimate of drug-likeness (QED) is 0.650. The van der Waals surface area contributed by atoms with Crippen LogP contribution < -0.4 is 5.32 Å². The second kappa shape index (κ2) is 7.66. The number of carbonyl (C=O) groups excluding carboxylic acids is 1. The first-order valence-corrected chi connectivity index (χ1v) is 6.25. The second-order valence-corrected chi connectivity index (χ2v) is 5.17. The summed E-state index contributed by atoms with van der Waals surface area (Å²) in [5.74, 6) is 0.537. The molecule has 0 bridgehead atoms. The molecule has 96 valence electrons. The standard InChI is InChI=1S/C13H27NO2/c1-6-9-14-13(4,8-7-11(2)3)10-12(15)16-5/h11,14H,6-10H2,1-5H3. The maximum Gasteiger partial charge on any atom is 0.307 e. The predicted molar refractivity (Wildman–Crippen MR) is 67.4 cm³/mol. The average Bonchev–Trinajstić information content (AvgIpc) is 2.24. The first-order chi connectivity index (χ1) is 7.43. The van der Waals surface area contributed by atoms with E-state index in [1.54, 1.807) is 0 Å². The molecule has 0 saturated carbocycles. The maximum atomic E-state index is 11.4. The topological polar surface area (TPSA) is 38.3 Å². The molecule has 16 heavy (non-hydrogen) atoms. The average molecular weight is 229 g/mol. The Labute approximate surface area is 99.9 Å². The van der Waals surface area contributed by atoms with E-state index in [1.165, 1.54) is 7.11 Å². The van der Waals surface area contributed by atoms with Gasteiger partial charge in [-0.15, -0.1) is 0 Å². The van der Waals surface area contributed by atoms with Gasteiger partial charge in [0, 0.05) is 5.54 Å². The minimum Gasteiger partial charge on any atom is -0.469 e. The summed E-state index contributed by atoms with van der Waals surface area (Å²) in [6, 6.07) is 0. The summed E-state index contributed by atoms with van der Waals surface area (Å²) >= 11 is 0. The van der Waals surface area contributed by atoms with Gasteiger partial charge in [0.05, 0.1) is 13.5 Å². The van der Waals surface area contributed by atoms with Gasteiger partial charge in [0.25, 0.3) is 0 Å². The largest absolute Gasteiger partial charge is 0.469 e. The highest BCUT2D eigenvalue weighted by Crippen LogP contribution is 2.20.